The Morgan fingerprint density at radius 1 is 1.21 bits per heavy atom. The summed E-state index contributed by atoms with van der Waals surface area (Å²) < 4.78 is 2.27. The van der Waals surface area contributed by atoms with Gasteiger partial charge in [0, 0.05) is 35.0 Å². The van der Waals surface area contributed by atoms with Crippen molar-refractivity contribution < 1.29 is 9.90 Å². The first-order chi connectivity index (χ1) is 13.6. The van der Waals surface area contributed by atoms with Gasteiger partial charge in [0.25, 0.3) is 5.56 Å². The van der Waals surface area contributed by atoms with E-state index >= 15 is 0 Å². The van der Waals surface area contributed by atoms with Gasteiger partial charge < -0.3 is 10.1 Å². The summed E-state index contributed by atoms with van der Waals surface area (Å²) >= 11 is 1.74. The first kappa shape index (κ1) is 20.4. The highest BCUT2D eigenvalue weighted by atomic mass is 32.2. The van der Waals surface area contributed by atoms with Crippen molar-refractivity contribution in [2.24, 2.45) is 0 Å². The van der Waals surface area contributed by atoms with Gasteiger partial charge in [-0.25, -0.2) is 9.10 Å². The number of nitrogens with one attached hydrogen (secondary N) is 1. The van der Waals surface area contributed by atoms with Gasteiger partial charge in [-0.3, -0.25) is 4.79 Å². The molecule has 1 aliphatic carbocycles. The molecular weight excluding hydrogens is 372 g/mol. The molecule has 0 bridgehead atoms. The van der Waals surface area contributed by atoms with E-state index in [0.29, 0.717) is 18.5 Å². The number of hydrogen-bond donors (Lipinski definition) is 2. The van der Waals surface area contributed by atoms with Crippen molar-refractivity contribution in [3.8, 4) is 0 Å². The van der Waals surface area contributed by atoms with Gasteiger partial charge in [-0.2, -0.15) is 0 Å². The Morgan fingerprint density at radius 2 is 1.96 bits per heavy atom. The van der Waals surface area contributed by atoms with Crippen LogP contribution >= 0.6 is 11.9 Å². The molecule has 6 heteroatoms. The molecule has 1 atom stereocenters. The summed E-state index contributed by atoms with van der Waals surface area (Å²) in [6, 6.07) is 7.78. The Balaban J connectivity index is 0.00000109. The highest BCUT2D eigenvalue weighted by molar-refractivity contribution is 7.97. The van der Waals surface area contributed by atoms with Gasteiger partial charge in [0.05, 0.1) is 0 Å². The number of fused-ring (bicyclic) bond motifs is 3. The number of aromatic amines is 1. The van der Waals surface area contributed by atoms with Crippen molar-refractivity contribution in [2.45, 2.75) is 44.9 Å². The van der Waals surface area contributed by atoms with Crippen molar-refractivity contribution in [1.82, 2.24) is 9.29 Å². The first-order valence-electron chi connectivity index (χ1n) is 9.77. The van der Waals surface area contributed by atoms with Crippen LogP contribution in [-0.2, 0) is 17.8 Å². The quantitative estimate of drug-likeness (QED) is 0.755. The molecule has 1 aromatic heterocycles. The smallest absolute Gasteiger partial charge is 0.331 e. The van der Waals surface area contributed by atoms with Crippen LogP contribution in [-0.4, -0.2) is 32.2 Å². The van der Waals surface area contributed by atoms with Gasteiger partial charge in [0.1, 0.15) is 0 Å². The largest absolute Gasteiger partial charge is 0.478 e. The topological polar surface area (TPSA) is 73.4 Å². The van der Waals surface area contributed by atoms with Crippen LogP contribution in [0.25, 0.3) is 10.8 Å². The number of carboxylic acid groups (broad SMARTS) is 1. The lowest BCUT2D eigenvalue weighted by Crippen LogP contribution is -2.30. The van der Waals surface area contributed by atoms with Crippen molar-refractivity contribution >= 4 is 28.7 Å². The lowest BCUT2D eigenvalue weighted by atomic mass is 9.99. The second-order valence-electron chi connectivity index (χ2n) is 6.63. The molecule has 2 aromatic rings. The summed E-state index contributed by atoms with van der Waals surface area (Å²) in [5.74, 6) is -0.836. The van der Waals surface area contributed by atoms with Gasteiger partial charge in [-0.05, 0) is 36.3 Å². The third-order valence-electron chi connectivity index (χ3n) is 4.95. The van der Waals surface area contributed by atoms with E-state index in [1.54, 1.807) is 18.0 Å². The van der Waals surface area contributed by atoms with Crippen LogP contribution < -0.4 is 5.56 Å². The molecule has 0 saturated carbocycles. The number of aliphatic carboxylic acids is 1. The van der Waals surface area contributed by atoms with E-state index in [4.69, 9.17) is 5.11 Å². The third kappa shape index (κ3) is 4.39. The molecule has 2 aliphatic rings. The molecule has 1 unspecified atom stereocenters. The van der Waals surface area contributed by atoms with Gasteiger partial charge in [0.2, 0.25) is 0 Å². The molecule has 1 aromatic carbocycles. The fourth-order valence-corrected chi connectivity index (χ4v) is 4.79. The minimum atomic E-state index is -0.836. The van der Waals surface area contributed by atoms with E-state index < -0.39 is 5.97 Å². The Morgan fingerprint density at radius 3 is 2.71 bits per heavy atom. The van der Waals surface area contributed by atoms with Crippen LogP contribution in [0.15, 0.2) is 52.9 Å². The molecule has 0 spiro atoms. The molecule has 2 N–H and O–H groups in total. The minimum absolute atomic E-state index is 0.0316. The normalized spacial score (nSPS) is 19.2. The highest BCUT2D eigenvalue weighted by Gasteiger charge is 2.23. The number of allylic oxidation sites excluding steroid dienone is 2. The zero-order valence-corrected chi connectivity index (χ0v) is 17.1. The number of nitrogens with zero attached hydrogens (tertiary/aromatic N) is 1. The summed E-state index contributed by atoms with van der Waals surface area (Å²) in [6.45, 7) is 5.61. The number of carbonyl (C=O) groups is 1. The van der Waals surface area contributed by atoms with E-state index in [9.17, 15) is 9.59 Å². The first-order valence-corrected chi connectivity index (χ1v) is 10.6. The van der Waals surface area contributed by atoms with Crippen molar-refractivity contribution in [2.75, 3.05) is 6.54 Å². The van der Waals surface area contributed by atoms with Crippen LogP contribution in [0.5, 0.6) is 0 Å². The molecule has 0 fully saturated rings. The van der Waals surface area contributed by atoms with Gasteiger partial charge in [0.15, 0.2) is 0 Å². The molecule has 0 saturated heterocycles. The Hall–Kier alpha value is -2.31. The number of H-pyrrole nitrogens is 1. The van der Waals surface area contributed by atoms with Crippen LogP contribution in [0.1, 0.15) is 37.9 Å². The summed E-state index contributed by atoms with van der Waals surface area (Å²) in [4.78, 5) is 26.5. The SMILES string of the molecule is CC.O=C(O)C1=CC=CC(SN2CCc3c([nH]c(=O)c4ccccc34)C2)CC1. The fourth-order valence-electron chi connectivity index (χ4n) is 3.62. The molecule has 4 rings (SSSR count). The van der Waals surface area contributed by atoms with E-state index in [-0.39, 0.29) is 10.8 Å². The predicted molar refractivity (Wildman–Crippen MR) is 116 cm³/mol. The molecular formula is C22H26N2O3S. The zero-order chi connectivity index (χ0) is 20.1. The number of hydrogen-bond acceptors (Lipinski definition) is 4. The van der Waals surface area contributed by atoms with Crippen LogP contribution in [0.2, 0.25) is 0 Å². The second kappa shape index (κ2) is 9.26. The summed E-state index contributed by atoms with van der Waals surface area (Å²) in [5, 5.41) is 11.2. The van der Waals surface area contributed by atoms with Gasteiger partial charge >= 0.3 is 5.97 Å². The Labute approximate surface area is 169 Å². The molecule has 2 heterocycles. The molecule has 0 amide bonds. The average Bonchev–Trinajstić information content (AvgIpc) is 2.95. The molecule has 148 valence electrons. The maximum atomic E-state index is 12.3. The molecule has 28 heavy (non-hydrogen) atoms. The maximum Gasteiger partial charge on any atom is 0.331 e. The fraction of sp³-hybridized carbons (Fsp3) is 0.364. The Bertz CT molecular complexity index is 977. The van der Waals surface area contributed by atoms with Gasteiger partial charge in [-0.15, -0.1) is 0 Å². The van der Waals surface area contributed by atoms with Crippen molar-refractivity contribution in [1.29, 1.82) is 0 Å². The molecule has 5 nitrogen and oxygen atoms in total. The monoisotopic (exact) mass is 398 g/mol. The van der Waals surface area contributed by atoms with E-state index in [1.165, 1.54) is 5.56 Å². The zero-order valence-electron chi connectivity index (χ0n) is 16.3. The summed E-state index contributed by atoms with van der Waals surface area (Å²) in [5.41, 5.74) is 2.66. The number of pyridine rings is 1. The molecule has 0 radical (unpaired) electrons. The minimum Gasteiger partial charge on any atom is -0.478 e. The standard InChI is InChI=1S/C20H20N2O3S.C2H6/c23-19-17-7-2-1-6-15(17)16-10-11-22(12-18(16)21-19)26-14-5-3-4-13(8-9-14)20(24)25;1-2/h1-7,14H,8-12H2,(H,21,23)(H,24,25);1-2H3. The number of aromatic nitrogens is 1. The number of benzene rings is 1. The van der Waals surface area contributed by atoms with Crippen molar-refractivity contribution in [3.05, 3.63) is 69.7 Å². The van der Waals surface area contributed by atoms with E-state index in [2.05, 4.69) is 15.4 Å². The lowest BCUT2D eigenvalue weighted by Gasteiger charge is -2.30. The summed E-state index contributed by atoms with van der Waals surface area (Å²) in [6.07, 6.45) is 7.89. The number of carboxylic acids is 1. The highest BCUT2D eigenvalue weighted by Crippen LogP contribution is 2.32. The summed E-state index contributed by atoms with van der Waals surface area (Å²) in [7, 11) is 0. The maximum absolute atomic E-state index is 12.3. The average molecular weight is 399 g/mol. The number of rotatable bonds is 3. The van der Waals surface area contributed by atoms with Crippen LogP contribution in [0.3, 0.4) is 0 Å². The van der Waals surface area contributed by atoms with Gasteiger partial charge in [-0.1, -0.05) is 62.2 Å². The van der Waals surface area contributed by atoms with Crippen LogP contribution in [0.4, 0.5) is 0 Å². The van der Waals surface area contributed by atoms with E-state index in [1.807, 2.05) is 44.2 Å². The predicted octanol–water partition coefficient (Wildman–Crippen LogP) is 4.29. The Kier molecular flexibility index (Phi) is 6.75. The van der Waals surface area contributed by atoms with Crippen molar-refractivity contribution in [3.63, 3.8) is 0 Å². The van der Waals surface area contributed by atoms with E-state index in [0.717, 1.165) is 35.9 Å². The van der Waals surface area contributed by atoms with Crippen LogP contribution in [0, 0.1) is 0 Å². The second-order valence-corrected chi connectivity index (χ2v) is 7.97. The lowest BCUT2D eigenvalue weighted by molar-refractivity contribution is -0.132. The third-order valence-corrected chi connectivity index (χ3v) is 6.23. The molecule has 1 aliphatic heterocycles.